The number of halogens is 3. The Morgan fingerprint density at radius 3 is 2.53 bits per heavy atom. The minimum absolute atomic E-state index is 0.148. The quantitative estimate of drug-likeness (QED) is 0.471. The highest BCUT2D eigenvalue weighted by atomic mass is 35.5. The fourth-order valence-corrected chi connectivity index (χ4v) is 1.68. The molecule has 1 aromatic carbocycles. The number of nitro groups is 1. The van der Waals surface area contributed by atoms with Gasteiger partial charge in [-0.25, -0.2) is 4.39 Å². The Bertz CT molecular complexity index is 438. The lowest BCUT2D eigenvalue weighted by molar-refractivity contribution is -0.385. The Balaban J connectivity index is 3.13. The first-order chi connectivity index (χ1) is 7.82. The van der Waals surface area contributed by atoms with E-state index in [1.54, 1.807) is 0 Å². The molecule has 1 unspecified atom stereocenters. The molecular formula is C11H12Cl2FNO2. The summed E-state index contributed by atoms with van der Waals surface area (Å²) in [6, 6.07) is 2.11. The van der Waals surface area contributed by atoms with Gasteiger partial charge in [-0.3, -0.25) is 10.1 Å². The summed E-state index contributed by atoms with van der Waals surface area (Å²) in [7, 11) is 0. The van der Waals surface area contributed by atoms with Gasteiger partial charge in [0.25, 0.3) is 5.69 Å². The fraction of sp³-hybridized carbons (Fsp3) is 0.455. The molecule has 0 amide bonds. The van der Waals surface area contributed by atoms with Crippen molar-refractivity contribution < 1.29 is 9.31 Å². The zero-order valence-corrected chi connectivity index (χ0v) is 10.9. The minimum Gasteiger partial charge on any atom is -0.258 e. The van der Waals surface area contributed by atoms with Gasteiger partial charge in [-0.15, -0.1) is 11.6 Å². The minimum atomic E-state index is -0.667. The van der Waals surface area contributed by atoms with Gasteiger partial charge in [-0.05, 0) is 18.4 Å². The van der Waals surface area contributed by atoms with Crippen molar-refractivity contribution in [3.8, 4) is 0 Å². The summed E-state index contributed by atoms with van der Waals surface area (Å²) in [5, 5.41) is 10.3. The molecule has 17 heavy (non-hydrogen) atoms. The zero-order valence-electron chi connectivity index (χ0n) is 9.41. The summed E-state index contributed by atoms with van der Waals surface area (Å²) in [5.74, 6) is -0.519. The maximum Gasteiger partial charge on any atom is 0.274 e. The van der Waals surface area contributed by atoms with Crippen LogP contribution in [-0.4, -0.2) is 10.3 Å². The number of nitro benzene ring substituents is 1. The van der Waals surface area contributed by atoms with Crippen LogP contribution in [0.3, 0.4) is 0 Å². The molecule has 0 aliphatic heterocycles. The molecule has 0 saturated heterocycles. The second-order valence-corrected chi connectivity index (χ2v) is 5.08. The lowest BCUT2D eigenvalue weighted by Gasteiger charge is -2.13. The third kappa shape index (κ3) is 3.54. The van der Waals surface area contributed by atoms with Crippen LogP contribution in [0.25, 0.3) is 0 Å². The number of benzene rings is 1. The highest BCUT2D eigenvalue weighted by molar-refractivity contribution is 6.31. The van der Waals surface area contributed by atoms with Crippen LogP contribution in [-0.2, 0) is 6.42 Å². The van der Waals surface area contributed by atoms with Gasteiger partial charge >= 0.3 is 0 Å². The Labute approximate surface area is 109 Å². The van der Waals surface area contributed by atoms with Crippen molar-refractivity contribution in [1.82, 2.24) is 0 Å². The van der Waals surface area contributed by atoms with Gasteiger partial charge in [0.15, 0.2) is 0 Å². The van der Waals surface area contributed by atoms with E-state index in [1.807, 2.05) is 13.8 Å². The van der Waals surface area contributed by atoms with Crippen LogP contribution in [0.2, 0.25) is 5.02 Å². The largest absolute Gasteiger partial charge is 0.274 e. The molecule has 0 aromatic heterocycles. The van der Waals surface area contributed by atoms with Gasteiger partial charge < -0.3 is 0 Å². The second-order valence-electron chi connectivity index (χ2n) is 4.12. The van der Waals surface area contributed by atoms with Gasteiger partial charge in [0, 0.05) is 17.0 Å². The predicted molar refractivity (Wildman–Crippen MR) is 66.2 cm³/mol. The van der Waals surface area contributed by atoms with Crippen molar-refractivity contribution >= 4 is 28.9 Å². The number of hydrogen-bond donors (Lipinski definition) is 0. The Kier molecular flexibility index (Phi) is 4.71. The molecule has 1 atom stereocenters. The number of hydrogen-bond acceptors (Lipinski definition) is 2. The molecule has 94 valence electrons. The molecule has 1 rings (SSSR count). The summed E-state index contributed by atoms with van der Waals surface area (Å²) in [5.41, 5.74) is 0.0771. The number of nitrogens with zero attached hydrogens (tertiary/aromatic N) is 1. The summed E-state index contributed by atoms with van der Waals surface area (Å²) >= 11 is 11.6. The first kappa shape index (κ1) is 14.2. The Hall–Kier alpha value is -0.870. The average molecular weight is 280 g/mol. The first-order valence-electron chi connectivity index (χ1n) is 5.09. The molecule has 0 bridgehead atoms. The molecule has 0 radical (unpaired) electrons. The summed E-state index contributed by atoms with van der Waals surface area (Å²) < 4.78 is 13.3. The number of rotatable bonds is 4. The average Bonchev–Trinajstić information content (AvgIpc) is 2.22. The number of alkyl halides is 1. The molecule has 0 saturated carbocycles. The molecular weight excluding hydrogens is 268 g/mol. The molecule has 3 nitrogen and oxygen atoms in total. The van der Waals surface area contributed by atoms with Gasteiger partial charge in [0.2, 0.25) is 0 Å². The summed E-state index contributed by atoms with van der Waals surface area (Å²) in [6.45, 7) is 3.80. The third-order valence-electron chi connectivity index (χ3n) is 2.46. The molecule has 0 aliphatic carbocycles. The van der Waals surface area contributed by atoms with E-state index in [1.165, 1.54) is 0 Å². The van der Waals surface area contributed by atoms with Gasteiger partial charge in [0.1, 0.15) is 5.82 Å². The van der Waals surface area contributed by atoms with Crippen LogP contribution in [0.5, 0.6) is 0 Å². The third-order valence-corrected chi connectivity index (χ3v) is 3.40. The van der Waals surface area contributed by atoms with Crippen molar-refractivity contribution in [2.75, 3.05) is 0 Å². The monoisotopic (exact) mass is 279 g/mol. The molecule has 0 spiro atoms. The SMILES string of the molecule is CC(C)C(Cl)Cc1cc(F)c(Cl)cc1[N+](=O)[O-]. The van der Waals surface area contributed by atoms with Crippen molar-refractivity contribution in [2.45, 2.75) is 25.6 Å². The van der Waals surface area contributed by atoms with Gasteiger partial charge in [-0.2, -0.15) is 0 Å². The van der Waals surface area contributed by atoms with E-state index in [2.05, 4.69) is 0 Å². The molecule has 0 N–H and O–H groups in total. The molecule has 0 fully saturated rings. The van der Waals surface area contributed by atoms with Gasteiger partial charge in [-0.1, -0.05) is 25.4 Å². The van der Waals surface area contributed by atoms with Crippen LogP contribution in [0, 0.1) is 21.8 Å². The molecule has 6 heteroatoms. The second kappa shape index (κ2) is 5.65. The van der Waals surface area contributed by atoms with E-state index in [-0.39, 0.29) is 34.0 Å². The summed E-state index contributed by atoms with van der Waals surface area (Å²) in [4.78, 5) is 10.2. The molecule has 0 heterocycles. The Morgan fingerprint density at radius 2 is 2.06 bits per heavy atom. The highest BCUT2D eigenvalue weighted by Crippen LogP contribution is 2.29. The van der Waals surface area contributed by atoms with Crippen LogP contribution in [0.4, 0.5) is 10.1 Å². The van der Waals surface area contributed by atoms with Crippen molar-refractivity contribution in [2.24, 2.45) is 5.92 Å². The summed E-state index contributed by atoms with van der Waals surface area (Å²) in [6.07, 6.45) is 0.240. The molecule has 1 aromatic rings. The van der Waals surface area contributed by atoms with Gasteiger partial charge in [0.05, 0.1) is 9.95 Å². The fourth-order valence-electron chi connectivity index (χ4n) is 1.36. The van der Waals surface area contributed by atoms with Crippen LogP contribution in [0.15, 0.2) is 12.1 Å². The van der Waals surface area contributed by atoms with Crippen molar-refractivity contribution in [3.05, 3.63) is 38.7 Å². The topological polar surface area (TPSA) is 43.1 Å². The first-order valence-corrected chi connectivity index (χ1v) is 5.90. The lowest BCUT2D eigenvalue weighted by atomic mass is 10.0. The standard InChI is InChI=1S/C11H12Cl2FNO2/c1-6(2)8(12)3-7-4-10(14)9(13)5-11(7)15(16)17/h4-6,8H,3H2,1-2H3. The van der Waals surface area contributed by atoms with E-state index in [0.29, 0.717) is 0 Å². The maximum absolute atomic E-state index is 13.3. The van der Waals surface area contributed by atoms with E-state index < -0.39 is 10.7 Å². The van der Waals surface area contributed by atoms with Crippen LogP contribution >= 0.6 is 23.2 Å². The molecule has 0 aliphatic rings. The lowest BCUT2D eigenvalue weighted by Crippen LogP contribution is -2.12. The van der Waals surface area contributed by atoms with E-state index in [9.17, 15) is 14.5 Å². The smallest absolute Gasteiger partial charge is 0.258 e. The normalized spacial score (nSPS) is 12.8. The predicted octanol–water partition coefficient (Wildman–Crippen LogP) is 4.19. The van der Waals surface area contributed by atoms with Crippen molar-refractivity contribution in [3.63, 3.8) is 0 Å². The van der Waals surface area contributed by atoms with E-state index >= 15 is 0 Å². The maximum atomic E-state index is 13.3. The highest BCUT2D eigenvalue weighted by Gasteiger charge is 2.21. The van der Waals surface area contributed by atoms with Crippen LogP contribution in [0.1, 0.15) is 19.4 Å². The van der Waals surface area contributed by atoms with Crippen molar-refractivity contribution in [1.29, 1.82) is 0 Å². The van der Waals surface area contributed by atoms with Crippen LogP contribution < -0.4 is 0 Å². The zero-order chi connectivity index (χ0) is 13.2. The Morgan fingerprint density at radius 1 is 1.47 bits per heavy atom. The van der Waals surface area contributed by atoms with E-state index in [0.717, 1.165) is 12.1 Å². The van der Waals surface area contributed by atoms with E-state index in [4.69, 9.17) is 23.2 Å².